The zero-order valence-electron chi connectivity index (χ0n) is 42.5. The number of carbonyl (C=O) groups is 1. The summed E-state index contributed by atoms with van der Waals surface area (Å²) in [4.78, 5) is 39.0. The molecule has 2 aliphatic carbocycles. The third-order valence-electron chi connectivity index (χ3n) is 14.9. The summed E-state index contributed by atoms with van der Waals surface area (Å²) in [5.41, 5.74) is 1.94. The number of rotatable bonds is 15. The van der Waals surface area contributed by atoms with Crippen LogP contribution in [0.3, 0.4) is 0 Å². The Hall–Kier alpha value is -6.25. The molecule has 3 aliphatic rings. The maximum absolute atomic E-state index is 15.6. The summed E-state index contributed by atoms with van der Waals surface area (Å²) in [6.45, 7) is 15.0. The molecule has 5 N–H and O–H groups in total. The number of benzene rings is 3. The number of sulfonamides is 1. The molecule has 1 aliphatic heterocycles. The van der Waals surface area contributed by atoms with E-state index < -0.39 is 54.3 Å². The van der Waals surface area contributed by atoms with E-state index in [1.54, 1.807) is 42.7 Å². The number of aliphatic hydroxyl groups is 2. The third kappa shape index (κ3) is 11.7. The van der Waals surface area contributed by atoms with E-state index in [4.69, 9.17) is 4.74 Å². The van der Waals surface area contributed by atoms with E-state index in [2.05, 4.69) is 43.7 Å². The number of aryl methyl sites for hydroxylation is 1. The monoisotopic (exact) mass is 1050 g/mol. The molecule has 0 unspecified atom stereocenters. The van der Waals surface area contributed by atoms with E-state index in [9.17, 15) is 33.5 Å². The van der Waals surface area contributed by atoms with Crippen molar-refractivity contribution in [2.75, 3.05) is 49.5 Å². The number of ether oxygens (including phenoxy) is 1. The Morgan fingerprint density at radius 1 is 1.00 bits per heavy atom. The van der Waals surface area contributed by atoms with Gasteiger partial charge in [-0.1, -0.05) is 19.4 Å². The zero-order chi connectivity index (χ0) is 52.9. The smallest absolute Gasteiger partial charge is 0.293 e. The highest BCUT2D eigenvalue weighted by Crippen LogP contribution is 2.47. The van der Waals surface area contributed by atoms with E-state index in [0.29, 0.717) is 62.5 Å². The van der Waals surface area contributed by atoms with Crippen molar-refractivity contribution in [3.8, 4) is 22.6 Å². The van der Waals surface area contributed by atoms with E-state index >= 15 is 8.78 Å². The minimum atomic E-state index is -4.63. The normalized spacial score (nSPS) is 19.7. The summed E-state index contributed by atoms with van der Waals surface area (Å²) in [6.07, 6.45) is 8.64. The fourth-order valence-electron chi connectivity index (χ4n) is 10.3. The third-order valence-corrected chi connectivity index (χ3v) is 17.3. The summed E-state index contributed by atoms with van der Waals surface area (Å²) in [5, 5.41) is 36.8. The number of nitrogens with one attached hydrogen (secondary N) is 3. The molecule has 19 heteroatoms. The topological polar surface area (TPSA) is 203 Å². The second-order valence-electron chi connectivity index (χ2n) is 21.7. The number of amides is 1. The van der Waals surface area contributed by atoms with Gasteiger partial charge in [0.15, 0.2) is 0 Å². The number of aromatic nitrogens is 2. The largest absolute Gasteiger partial charge is 0.455 e. The average molecular weight is 1050 g/mol. The van der Waals surface area contributed by atoms with Crippen molar-refractivity contribution in [2.45, 2.75) is 103 Å². The molecule has 0 atom stereocenters. The molecule has 392 valence electrons. The number of carbonyl (C=O) groups excluding carboxylic acids is 1. The summed E-state index contributed by atoms with van der Waals surface area (Å²) in [5.74, 6) is -1.88. The first-order valence-corrected chi connectivity index (χ1v) is 27.3. The van der Waals surface area contributed by atoms with Gasteiger partial charge in [0, 0.05) is 84.0 Å². The number of halogens is 2. The van der Waals surface area contributed by atoms with Crippen LogP contribution in [0.4, 0.5) is 25.8 Å². The first-order valence-electron chi connectivity index (χ1n) is 25.0. The summed E-state index contributed by atoms with van der Waals surface area (Å²) in [7, 11) is -4.63. The van der Waals surface area contributed by atoms with Gasteiger partial charge in [-0.15, -0.1) is 11.3 Å². The number of nitro benzene ring substituents is 1. The van der Waals surface area contributed by atoms with Gasteiger partial charge in [-0.2, -0.15) is 0 Å². The maximum Gasteiger partial charge on any atom is 0.293 e. The van der Waals surface area contributed by atoms with Crippen molar-refractivity contribution in [1.29, 1.82) is 0 Å². The molecule has 0 spiro atoms. The SMILES string of the molecule is Cc1sc(C2=C(CN3CCN(c4ccc(C(=O)NS(=O)(=O)c5ccc(NC[C@H]6CC[C@](C)(O)CC6)c([N+](=O)[O-])c5)c(Oc5cnc6[nH]ccc6c5)c4)CC3)CCC(C)(C)C2)cc1-c1c(F)cc(C(C)(C)O)cc1F. The second-order valence-corrected chi connectivity index (χ2v) is 24.6. The Bertz CT molecular complexity index is 3250. The molecule has 15 nitrogen and oxygen atoms in total. The van der Waals surface area contributed by atoms with E-state index in [-0.39, 0.29) is 39.5 Å². The molecular formula is C55H63F2N7O8S2. The fourth-order valence-corrected chi connectivity index (χ4v) is 12.4. The van der Waals surface area contributed by atoms with E-state index in [0.717, 1.165) is 65.5 Å². The van der Waals surface area contributed by atoms with Gasteiger partial charge in [0.1, 0.15) is 34.5 Å². The number of pyridine rings is 1. The maximum atomic E-state index is 15.6. The number of nitrogens with zero attached hydrogens (tertiary/aromatic N) is 4. The van der Waals surface area contributed by atoms with Crippen LogP contribution in [0.25, 0.3) is 27.7 Å². The number of nitro groups is 1. The van der Waals surface area contributed by atoms with Gasteiger partial charge in [0.05, 0.1) is 38.3 Å². The minimum Gasteiger partial charge on any atom is -0.455 e. The summed E-state index contributed by atoms with van der Waals surface area (Å²) < 4.78 is 67.3. The van der Waals surface area contributed by atoms with Gasteiger partial charge in [0.2, 0.25) is 0 Å². The van der Waals surface area contributed by atoms with Crippen molar-refractivity contribution in [3.63, 3.8) is 0 Å². The standard InChI is InChI=1S/C55H63F2N7O8S2/c1-33-42(50-44(56)24-37(25-45(50)57)54(4,5)66)28-49(73-33)43-29-53(2,3)15-13-36(43)32-62-19-21-63(22-20-62)38-7-9-41(48(26-38)72-39-23-35-14-18-58-51(35)60-31-39)52(65)61-74(70,71)40-8-10-46(47(27-40)64(68)69)59-30-34-11-16-55(6,67)17-12-34/h7-10,14,18,23-28,31,34,59,66-67H,11-13,15-17,19-22,29-30,32H2,1-6H3,(H,58,60)(H,61,65)/t34-,55-. The van der Waals surface area contributed by atoms with Crippen LogP contribution in [-0.2, 0) is 15.6 Å². The number of piperazine rings is 1. The van der Waals surface area contributed by atoms with Crippen molar-refractivity contribution in [3.05, 3.63) is 127 Å². The van der Waals surface area contributed by atoms with Crippen LogP contribution in [-0.4, -0.2) is 89.2 Å². The number of hydrogen-bond acceptors (Lipinski definition) is 13. The van der Waals surface area contributed by atoms with Crippen LogP contribution in [0.15, 0.2) is 89.6 Å². The highest BCUT2D eigenvalue weighted by molar-refractivity contribution is 7.90. The lowest BCUT2D eigenvalue weighted by molar-refractivity contribution is -0.384. The first-order chi connectivity index (χ1) is 34.9. The molecule has 1 amide bonds. The molecule has 1 saturated heterocycles. The molecule has 4 heterocycles. The lowest BCUT2D eigenvalue weighted by Gasteiger charge is -2.39. The van der Waals surface area contributed by atoms with Crippen molar-refractivity contribution < 1.29 is 41.9 Å². The van der Waals surface area contributed by atoms with Crippen molar-refractivity contribution in [1.82, 2.24) is 19.6 Å². The quantitative estimate of drug-likeness (QED) is 0.0482. The van der Waals surface area contributed by atoms with Crippen molar-refractivity contribution >= 4 is 60.9 Å². The minimum absolute atomic E-state index is 0.0290. The first kappa shape index (κ1) is 52.6. The Balaban J connectivity index is 0.925. The summed E-state index contributed by atoms with van der Waals surface area (Å²) >= 11 is 1.54. The molecule has 1 saturated carbocycles. The van der Waals surface area contributed by atoms with Crippen LogP contribution >= 0.6 is 11.3 Å². The highest BCUT2D eigenvalue weighted by Gasteiger charge is 2.33. The number of H-pyrrole nitrogens is 1. The molecule has 6 aromatic rings. The molecule has 0 bridgehead atoms. The van der Waals surface area contributed by atoms with Crippen LogP contribution < -0.4 is 19.7 Å². The Morgan fingerprint density at radius 2 is 1.72 bits per heavy atom. The number of allylic oxidation sites excluding steroid dienone is 1. The Morgan fingerprint density at radius 3 is 2.41 bits per heavy atom. The average Bonchev–Trinajstić information content (AvgIpc) is 3.97. The van der Waals surface area contributed by atoms with Gasteiger partial charge in [0.25, 0.3) is 21.6 Å². The highest BCUT2D eigenvalue weighted by atomic mass is 32.2. The predicted octanol–water partition coefficient (Wildman–Crippen LogP) is 11.1. The predicted molar refractivity (Wildman–Crippen MR) is 284 cm³/mol. The molecule has 3 aromatic heterocycles. The number of hydrogen-bond donors (Lipinski definition) is 5. The van der Waals surface area contributed by atoms with Crippen LogP contribution in [0.2, 0.25) is 0 Å². The lowest BCUT2D eigenvalue weighted by Crippen LogP contribution is -2.47. The number of anilines is 2. The van der Waals surface area contributed by atoms with Crippen LogP contribution in [0, 0.1) is 40.0 Å². The Kier molecular flexibility index (Phi) is 14.5. The number of fused-ring (bicyclic) bond motifs is 1. The molecule has 2 fully saturated rings. The molecule has 3 aromatic carbocycles. The van der Waals surface area contributed by atoms with Crippen molar-refractivity contribution in [2.24, 2.45) is 11.3 Å². The van der Waals surface area contributed by atoms with Gasteiger partial charge in [-0.05, 0) is 150 Å². The van der Waals surface area contributed by atoms with Gasteiger partial charge < -0.3 is 30.2 Å². The second kappa shape index (κ2) is 20.5. The Labute approximate surface area is 433 Å². The number of aromatic amines is 1. The molecule has 74 heavy (non-hydrogen) atoms. The summed E-state index contributed by atoms with van der Waals surface area (Å²) in [6, 6.07) is 16.3. The van der Waals surface area contributed by atoms with Gasteiger partial charge in [-0.3, -0.25) is 19.8 Å². The van der Waals surface area contributed by atoms with E-state index in [1.165, 1.54) is 61.5 Å². The lowest BCUT2D eigenvalue weighted by atomic mass is 9.73. The van der Waals surface area contributed by atoms with Crippen LogP contribution in [0.1, 0.15) is 105 Å². The van der Waals surface area contributed by atoms with Crippen LogP contribution in [0.5, 0.6) is 11.5 Å². The fraction of sp³-hybridized carbons (Fsp3) is 0.418. The molecule has 9 rings (SSSR count). The molecular weight excluding hydrogens is 989 g/mol. The van der Waals surface area contributed by atoms with E-state index in [1.807, 2.05) is 19.1 Å². The van der Waals surface area contributed by atoms with Gasteiger partial charge >= 0.3 is 0 Å². The number of thiophene rings is 1. The zero-order valence-corrected chi connectivity index (χ0v) is 44.1. The van der Waals surface area contributed by atoms with Gasteiger partial charge in [-0.25, -0.2) is 26.9 Å². The molecule has 0 radical (unpaired) electrons.